The lowest BCUT2D eigenvalue weighted by Gasteiger charge is -2.10. The number of carbonyl (C=O) groups excluding carboxylic acids is 1. The first-order chi connectivity index (χ1) is 13.2. The molecule has 0 aliphatic heterocycles. The van der Waals surface area contributed by atoms with E-state index in [9.17, 15) is 9.18 Å². The van der Waals surface area contributed by atoms with Gasteiger partial charge in [-0.25, -0.2) is 9.37 Å². The average molecular weight is 365 g/mol. The molecule has 5 nitrogen and oxygen atoms in total. The van der Waals surface area contributed by atoms with E-state index in [0.29, 0.717) is 35.7 Å². The normalized spacial score (nSPS) is 10.3. The maximum atomic E-state index is 13.6. The fraction of sp³-hybridized carbons (Fsp3) is 0.143. The number of nitrogens with one attached hydrogen (secondary N) is 2. The molecule has 0 fully saturated rings. The maximum absolute atomic E-state index is 13.6. The molecule has 0 aliphatic carbocycles. The average Bonchev–Trinajstić information content (AvgIpc) is 2.70. The largest absolute Gasteiger partial charge is 0.495 e. The molecule has 0 bridgehead atoms. The predicted molar refractivity (Wildman–Crippen MR) is 103 cm³/mol. The van der Waals surface area contributed by atoms with Crippen molar-refractivity contribution in [1.29, 1.82) is 0 Å². The maximum Gasteiger partial charge on any atom is 0.252 e. The molecule has 3 rings (SSSR count). The van der Waals surface area contributed by atoms with Crippen molar-refractivity contribution < 1.29 is 13.9 Å². The Bertz CT molecular complexity index is 913. The Morgan fingerprint density at radius 2 is 1.85 bits per heavy atom. The highest BCUT2D eigenvalue weighted by Crippen LogP contribution is 2.26. The number of aromatic nitrogens is 1. The third-order valence-electron chi connectivity index (χ3n) is 4.03. The van der Waals surface area contributed by atoms with E-state index < -0.39 is 0 Å². The minimum atomic E-state index is -0.264. The van der Waals surface area contributed by atoms with Crippen LogP contribution < -0.4 is 15.4 Å². The van der Waals surface area contributed by atoms with Crippen LogP contribution in [0.4, 0.5) is 15.9 Å². The topological polar surface area (TPSA) is 63.2 Å². The van der Waals surface area contributed by atoms with E-state index in [-0.39, 0.29) is 11.7 Å². The number of para-hydroxylation sites is 2. The summed E-state index contributed by atoms with van der Waals surface area (Å²) in [5.41, 5.74) is 1.80. The van der Waals surface area contributed by atoms with Gasteiger partial charge < -0.3 is 15.4 Å². The van der Waals surface area contributed by atoms with Gasteiger partial charge in [0.25, 0.3) is 5.91 Å². The predicted octanol–water partition coefficient (Wildman–Crippen LogP) is 3.95. The van der Waals surface area contributed by atoms with Gasteiger partial charge in [0.1, 0.15) is 17.4 Å². The van der Waals surface area contributed by atoms with E-state index in [1.165, 1.54) is 12.3 Å². The number of halogens is 1. The first-order valence-electron chi connectivity index (χ1n) is 8.55. The Morgan fingerprint density at radius 3 is 2.59 bits per heavy atom. The number of benzene rings is 2. The van der Waals surface area contributed by atoms with Gasteiger partial charge in [0.05, 0.1) is 18.4 Å². The number of pyridine rings is 1. The van der Waals surface area contributed by atoms with Gasteiger partial charge in [0.15, 0.2) is 0 Å². The Balaban J connectivity index is 1.56. The van der Waals surface area contributed by atoms with Crippen molar-refractivity contribution >= 4 is 17.4 Å². The van der Waals surface area contributed by atoms with Crippen molar-refractivity contribution in [2.75, 3.05) is 19.0 Å². The summed E-state index contributed by atoms with van der Waals surface area (Å²) in [6.07, 6.45) is 1.93. The van der Waals surface area contributed by atoms with Crippen LogP contribution in [0.25, 0.3) is 0 Å². The van der Waals surface area contributed by atoms with Crippen molar-refractivity contribution in [3.63, 3.8) is 0 Å². The molecule has 2 aromatic carbocycles. The Morgan fingerprint density at radius 1 is 1.07 bits per heavy atom. The third kappa shape index (κ3) is 4.82. The molecule has 0 spiro atoms. The molecule has 0 unspecified atom stereocenters. The van der Waals surface area contributed by atoms with Crippen LogP contribution in [0.3, 0.4) is 0 Å². The molecule has 1 aromatic heterocycles. The molecule has 6 heteroatoms. The highest BCUT2D eigenvalue weighted by molar-refractivity contribution is 5.94. The number of amides is 1. The first kappa shape index (κ1) is 18.4. The standard InChI is InChI=1S/C21H20FN3O2/c1-27-19-9-5-4-8-18(19)25-20-11-10-16(14-24-20)21(26)23-13-12-15-6-2-3-7-17(15)22/h2-11,14H,12-13H2,1H3,(H,23,26)(H,24,25). The molecule has 3 aromatic rings. The first-order valence-corrected chi connectivity index (χ1v) is 8.55. The summed E-state index contributed by atoms with van der Waals surface area (Å²) in [5, 5.41) is 5.93. The van der Waals surface area contributed by atoms with E-state index in [2.05, 4.69) is 15.6 Å². The van der Waals surface area contributed by atoms with E-state index in [4.69, 9.17) is 4.74 Å². The van der Waals surface area contributed by atoms with Gasteiger partial charge in [-0.05, 0) is 42.3 Å². The van der Waals surface area contributed by atoms with Gasteiger partial charge in [-0.3, -0.25) is 4.79 Å². The van der Waals surface area contributed by atoms with Crippen molar-refractivity contribution in [2.45, 2.75) is 6.42 Å². The Hall–Kier alpha value is -3.41. The molecule has 0 saturated carbocycles. The van der Waals surface area contributed by atoms with Crippen LogP contribution >= 0.6 is 0 Å². The molecular weight excluding hydrogens is 345 g/mol. The van der Waals surface area contributed by atoms with Gasteiger partial charge in [-0.2, -0.15) is 0 Å². The second-order valence-corrected chi connectivity index (χ2v) is 5.85. The lowest BCUT2D eigenvalue weighted by molar-refractivity contribution is 0.0953. The quantitative estimate of drug-likeness (QED) is 0.666. The summed E-state index contributed by atoms with van der Waals surface area (Å²) in [6, 6.07) is 17.4. The van der Waals surface area contributed by atoms with Crippen LogP contribution in [-0.2, 0) is 6.42 Å². The summed E-state index contributed by atoms with van der Waals surface area (Å²) >= 11 is 0. The number of anilines is 2. The van der Waals surface area contributed by atoms with Crippen LogP contribution in [0.15, 0.2) is 66.9 Å². The number of hydrogen-bond acceptors (Lipinski definition) is 4. The number of ether oxygens (including phenoxy) is 1. The fourth-order valence-electron chi connectivity index (χ4n) is 2.60. The zero-order chi connectivity index (χ0) is 19.1. The highest BCUT2D eigenvalue weighted by Gasteiger charge is 2.08. The number of hydrogen-bond donors (Lipinski definition) is 2. The lowest BCUT2D eigenvalue weighted by atomic mass is 10.1. The van der Waals surface area contributed by atoms with Crippen molar-refractivity contribution in [2.24, 2.45) is 0 Å². The molecule has 27 heavy (non-hydrogen) atoms. The summed E-state index contributed by atoms with van der Waals surface area (Å²) in [7, 11) is 1.60. The van der Waals surface area contributed by atoms with Gasteiger partial charge in [-0.15, -0.1) is 0 Å². The smallest absolute Gasteiger partial charge is 0.252 e. The summed E-state index contributed by atoms with van der Waals surface area (Å²) in [5.74, 6) is 0.791. The number of rotatable bonds is 7. The van der Waals surface area contributed by atoms with Crippen LogP contribution in [0.1, 0.15) is 15.9 Å². The van der Waals surface area contributed by atoms with Crippen molar-refractivity contribution in [3.05, 3.63) is 83.8 Å². The van der Waals surface area contributed by atoms with Gasteiger partial charge >= 0.3 is 0 Å². The van der Waals surface area contributed by atoms with E-state index in [1.54, 1.807) is 37.4 Å². The van der Waals surface area contributed by atoms with E-state index in [1.807, 2.05) is 24.3 Å². The van der Waals surface area contributed by atoms with Crippen LogP contribution in [0.2, 0.25) is 0 Å². The van der Waals surface area contributed by atoms with Crippen LogP contribution in [0, 0.1) is 5.82 Å². The van der Waals surface area contributed by atoms with E-state index >= 15 is 0 Å². The molecule has 1 amide bonds. The van der Waals surface area contributed by atoms with Gasteiger partial charge in [-0.1, -0.05) is 30.3 Å². The second kappa shape index (κ2) is 8.80. The monoisotopic (exact) mass is 365 g/mol. The molecular formula is C21H20FN3O2. The summed E-state index contributed by atoms with van der Waals surface area (Å²) < 4.78 is 18.9. The summed E-state index contributed by atoms with van der Waals surface area (Å²) in [6.45, 7) is 0.348. The molecule has 0 aliphatic rings. The zero-order valence-electron chi connectivity index (χ0n) is 14.9. The minimum absolute atomic E-state index is 0.248. The Labute approximate surface area is 157 Å². The molecule has 2 N–H and O–H groups in total. The molecule has 1 heterocycles. The SMILES string of the molecule is COc1ccccc1Nc1ccc(C(=O)NCCc2ccccc2F)cn1. The fourth-order valence-corrected chi connectivity index (χ4v) is 2.60. The number of nitrogens with zero attached hydrogens (tertiary/aromatic N) is 1. The highest BCUT2D eigenvalue weighted by atomic mass is 19.1. The zero-order valence-corrected chi connectivity index (χ0v) is 14.9. The molecule has 0 atom stereocenters. The van der Waals surface area contributed by atoms with Crippen molar-refractivity contribution in [1.82, 2.24) is 10.3 Å². The third-order valence-corrected chi connectivity index (χ3v) is 4.03. The molecule has 138 valence electrons. The Kier molecular flexibility index (Phi) is 5.99. The minimum Gasteiger partial charge on any atom is -0.495 e. The second-order valence-electron chi connectivity index (χ2n) is 5.85. The number of carbonyl (C=O) groups is 1. The lowest BCUT2D eigenvalue weighted by Crippen LogP contribution is -2.26. The molecule has 0 radical (unpaired) electrons. The van der Waals surface area contributed by atoms with Crippen molar-refractivity contribution in [3.8, 4) is 5.75 Å². The van der Waals surface area contributed by atoms with Gasteiger partial charge in [0.2, 0.25) is 0 Å². The van der Waals surface area contributed by atoms with E-state index in [0.717, 1.165) is 5.69 Å². The van der Waals surface area contributed by atoms with Gasteiger partial charge in [0, 0.05) is 12.7 Å². The number of methoxy groups -OCH3 is 1. The van der Waals surface area contributed by atoms with Crippen LogP contribution in [-0.4, -0.2) is 24.5 Å². The van der Waals surface area contributed by atoms with Crippen LogP contribution in [0.5, 0.6) is 5.75 Å². The summed E-state index contributed by atoms with van der Waals surface area (Å²) in [4.78, 5) is 16.5. The molecule has 0 saturated heterocycles.